The van der Waals surface area contributed by atoms with Crippen molar-refractivity contribution in [3.63, 3.8) is 0 Å². The standard InChI is InChI=1S/C6H10O5/c7-3-2-1-10-6(11-2)5(9)4(3)8/h2-9H,1H2/t2-,3+,4+,5+,6+/m0/s1. The van der Waals surface area contributed by atoms with Crippen LogP contribution in [-0.2, 0) is 9.47 Å². The first-order valence-electron chi connectivity index (χ1n) is 3.51. The number of ether oxygens (including phenoxy) is 2. The van der Waals surface area contributed by atoms with E-state index in [1.807, 2.05) is 0 Å². The topological polar surface area (TPSA) is 79.2 Å². The van der Waals surface area contributed by atoms with E-state index in [9.17, 15) is 10.2 Å². The number of aliphatic hydroxyl groups is 3. The van der Waals surface area contributed by atoms with Gasteiger partial charge in [0, 0.05) is 0 Å². The second-order valence-electron chi connectivity index (χ2n) is 2.85. The van der Waals surface area contributed by atoms with Gasteiger partial charge in [0.15, 0.2) is 6.29 Å². The van der Waals surface area contributed by atoms with E-state index >= 15 is 0 Å². The van der Waals surface area contributed by atoms with E-state index in [-0.39, 0.29) is 6.61 Å². The van der Waals surface area contributed by atoms with Crippen LogP contribution in [-0.4, -0.2) is 52.6 Å². The van der Waals surface area contributed by atoms with Crippen molar-refractivity contribution in [2.75, 3.05) is 6.61 Å². The monoisotopic (exact) mass is 162 g/mol. The number of aliphatic hydroxyl groups excluding tert-OH is 3. The summed E-state index contributed by atoms with van der Waals surface area (Å²) in [6.07, 6.45) is -4.58. The number of fused-ring (bicyclic) bond motifs is 2. The number of hydrogen-bond acceptors (Lipinski definition) is 5. The molecule has 0 radical (unpaired) electrons. The van der Waals surface area contributed by atoms with Crippen molar-refractivity contribution in [3.05, 3.63) is 0 Å². The molecule has 2 fully saturated rings. The smallest absolute Gasteiger partial charge is 0.186 e. The number of hydrogen-bond donors (Lipinski definition) is 3. The Morgan fingerprint density at radius 1 is 1.00 bits per heavy atom. The SMILES string of the molecule is O[C@H]1[C@@H](O)[C@@H]2OC[C@H](O2)[C@H]1O. The third kappa shape index (κ3) is 0.969. The fourth-order valence-electron chi connectivity index (χ4n) is 1.38. The van der Waals surface area contributed by atoms with Crippen molar-refractivity contribution in [3.8, 4) is 0 Å². The first kappa shape index (κ1) is 7.45. The van der Waals surface area contributed by atoms with Gasteiger partial charge < -0.3 is 24.8 Å². The van der Waals surface area contributed by atoms with Crippen LogP contribution in [0.15, 0.2) is 0 Å². The van der Waals surface area contributed by atoms with E-state index in [0.29, 0.717) is 0 Å². The van der Waals surface area contributed by atoms with Crippen LogP contribution in [0.3, 0.4) is 0 Å². The van der Waals surface area contributed by atoms with Crippen LogP contribution in [0.4, 0.5) is 0 Å². The molecule has 0 aliphatic carbocycles. The van der Waals surface area contributed by atoms with E-state index in [2.05, 4.69) is 0 Å². The molecule has 2 aliphatic rings. The molecule has 5 heteroatoms. The van der Waals surface area contributed by atoms with Gasteiger partial charge in [-0.2, -0.15) is 0 Å². The zero-order valence-corrected chi connectivity index (χ0v) is 5.75. The van der Waals surface area contributed by atoms with Gasteiger partial charge in [-0.1, -0.05) is 0 Å². The van der Waals surface area contributed by atoms with E-state index in [1.54, 1.807) is 0 Å². The van der Waals surface area contributed by atoms with Crippen LogP contribution >= 0.6 is 0 Å². The summed E-state index contributed by atoms with van der Waals surface area (Å²) >= 11 is 0. The average molecular weight is 162 g/mol. The molecule has 0 saturated carbocycles. The molecule has 2 bridgehead atoms. The highest BCUT2D eigenvalue weighted by Crippen LogP contribution is 2.27. The number of rotatable bonds is 0. The van der Waals surface area contributed by atoms with Gasteiger partial charge in [-0.25, -0.2) is 0 Å². The Morgan fingerprint density at radius 3 is 2.45 bits per heavy atom. The van der Waals surface area contributed by atoms with Crippen LogP contribution in [0.2, 0.25) is 0 Å². The Kier molecular flexibility index (Phi) is 1.62. The lowest BCUT2D eigenvalue weighted by Crippen LogP contribution is -2.53. The zero-order chi connectivity index (χ0) is 8.01. The minimum atomic E-state index is -1.15. The van der Waals surface area contributed by atoms with Crippen molar-refractivity contribution in [1.29, 1.82) is 0 Å². The fourth-order valence-corrected chi connectivity index (χ4v) is 1.38. The van der Waals surface area contributed by atoms with Gasteiger partial charge in [0.1, 0.15) is 24.4 Å². The summed E-state index contributed by atoms with van der Waals surface area (Å²) in [6, 6.07) is 0. The molecule has 5 nitrogen and oxygen atoms in total. The van der Waals surface area contributed by atoms with Gasteiger partial charge >= 0.3 is 0 Å². The Labute approximate surface area is 63.2 Å². The van der Waals surface area contributed by atoms with Gasteiger partial charge in [-0.05, 0) is 0 Å². The van der Waals surface area contributed by atoms with E-state index in [0.717, 1.165) is 0 Å². The molecular formula is C6H10O5. The van der Waals surface area contributed by atoms with Crippen molar-refractivity contribution in [2.24, 2.45) is 0 Å². The van der Waals surface area contributed by atoms with Gasteiger partial charge in [0.05, 0.1) is 6.61 Å². The van der Waals surface area contributed by atoms with Gasteiger partial charge in [0.25, 0.3) is 0 Å². The minimum Gasteiger partial charge on any atom is -0.387 e. The quantitative estimate of drug-likeness (QED) is 0.377. The Morgan fingerprint density at radius 2 is 1.73 bits per heavy atom. The lowest BCUT2D eigenvalue weighted by atomic mass is 10.0. The van der Waals surface area contributed by atoms with E-state index < -0.39 is 30.7 Å². The maximum Gasteiger partial charge on any atom is 0.186 e. The maximum atomic E-state index is 9.22. The summed E-state index contributed by atoms with van der Waals surface area (Å²) in [5.74, 6) is 0. The van der Waals surface area contributed by atoms with Gasteiger partial charge in [0.2, 0.25) is 0 Å². The van der Waals surface area contributed by atoms with Crippen LogP contribution in [0, 0.1) is 0 Å². The van der Waals surface area contributed by atoms with Gasteiger partial charge in [-0.15, -0.1) is 0 Å². The lowest BCUT2D eigenvalue weighted by molar-refractivity contribution is -0.228. The maximum absolute atomic E-state index is 9.22. The normalized spacial score (nSPS) is 56.5. The van der Waals surface area contributed by atoms with Crippen molar-refractivity contribution < 1.29 is 24.8 Å². The van der Waals surface area contributed by atoms with Crippen molar-refractivity contribution in [1.82, 2.24) is 0 Å². The molecule has 0 aromatic carbocycles. The molecule has 2 heterocycles. The molecule has 0 aromatic rings. The molecule has 5 atom stereocenters. The highest BCUT2D eigenvalue weighted by Gasteiger charge is 2.48. The molecule has 0 aromatic heterocycles. The second kappa shape index (κ2) is 2.40. The zero-order valence-electron chi connectivity index (χ0n) is 5.75. The van der Waals surface area contributed by atoms with E-state index in [4.69, 9.17) is 14.6 Å². The first-order chi connectivity index (χ1) is 5.20. The van der Waals surface area contributed by atoms with Crippen LogP contribution in [0.5, 0.6) is 0 Å². The Balaban J connectivity index is 2.16. The summed E-state index contributed by atoms with van der Waals surface area (Å²) in [7, 11) is 0. The third-order valence-corrected chi connectivity index (χ3v) is 2.09. The third-order valence-electron chi connectivity index (χ3n) is 2.09. The molecule has 11 heavy (non-hydrogen) atoms. The van der Waals surface area contributed by atoms with Crippen molar-refractivity contribution in [2.45, 2.75) is 30.7 Å². The second-order valence-corrected chi connectivity index (χ2v) is 2.85. The van der Waals surface area contributed by atoms with Crippen LogP contribution in [0.25, 0.3) is 0 Å². The molecule has 2 rings (SSSR count). The molecule has 0 unspecified atom stereocenters. The molecule has 0 amide bonds. The Bertz CT molecular complexity index is 141. The summed E-state index contributed by atoms with van der Waals surface area (Å²) in [5, 5.41) is 27.6. The van der Waals surface area contributed by atoms with Crippen molar-refractivity contribution >= 4 is 0 Å². The predicted molar refractivity (Wildman–Crippen MR) is 32.6 cm³/mol. The van der Waals surface area contributed by atoms with E-state index in [1.165, 1.54) is 0 Å². The fraction of sp³-hybridized carbons (Fsp3) is 1.00. The molecular weight excluding hydrogens is 152 g/mol. The predicted octanol–water partition coefficient (Wildman–Crippen LogP) is -2.18. The summed E-state index contributed by atoms with van der Waals surface area (Å²) in [5.41, 5.74) is 0. The lowest BCUT2D eigenvalue weighted by Gasteiger charge is -2.32. The van der Waals surface area contributed by atoms with Gasteiger partial charge in [-0.3, -0.25) is 0 Å². The Hall–Kier alpha value is -0.200. The summed E-state index contributed by atoms with van der Waals surface area (Å²) < 4.78 is 9.95. The van der Waals surface area contributed by atoms with Crippen LogP contribution in [0.1, 0.15) is 0 Å². The molecule has 64 valence electrons. The molecule has 2 saturated heterocycles. The highest BCUT2D eigenvalue weighted by molar-refractivity contribution is 4.92. The molecule has 3 N–H and O–H groups in total. The van der Waals surface area contributed by atoms with Crippen LogP contribution < -0.4 is 0 Å². The summed E-state index contributed by atoms with van der Waals surface area (Å²) in [4.78, 5) is 0. The molecule has 0 spiro atoms. The highest BCUT2D eigenvalue weighted by atomic mass is 16.7. The average Bonchev–Trinajstić information content (AvgIpc) is 2.44. The summed E-state index contributed by atoms with van der Waals surface area (Å²) in [6.45, 7) is 0.236. The first-order valence-corrected chi connectivity index (χ1v) is 3.51. The minimum absolute atomic E-state index is 0.236. The largest absolute Gasteiger partial charge is 0.387 e. The molecule has 2 aliphatic heterocycles.